The average Bonchev–Trinajstić information content (AvgIpc) is 2.78. The first-order valence-corrected chi connectivity index (χ1v) is 7.20. The highest BCUT2D eigenvalue weighted by Crippen LogP contribution is 2.24. The highest BCUT2D eigenvalue weighted by Gasteiger charge is 2.17. The number of anilines is 1. The van der Waals surface area contributed by atoms with Crippen LogP contribution >= 0.6 is 15.9 Å². The van der Waals surface area contributed by atoms with Gasteiger partial charge < -0.3 is 10.3 Å². The number of rotatable bonds is 4. The smallest absolute Gasteiger partial charge is 0.242 e. The van der Waals surface area contributed by atoms with Crippen molar-refractivity contribution in [1.82, 2.24) is 9.88 Å². The standard InChI is InChI=1S/C10H10BrN3O3S/c11-9-5-7(12)1-2-10(9)18(15,16)13-6-8-3-4-17-14-8/h1-5,13H,6,12H2. The Morgan fingerprint density at radius 2 is 2.17 bits per heavy atom. The molecule has 0 aliphatic carbocycles. The van der Waals surface area contributed by atoms with Crippen LogP contribution in [0.5, 0.6) is 0 Å². The van der Waals surface area contributed by atoms with Crippen LogP contribution in [0, 0.1) is 0 Å². The third kappa shape index (κ3) is 2.89. The Morgan fingerprint density at radius 3 is 2.78 bits per heavy atom. The third-order valence-corrected chi connectivity index (χ3v) is 4.56. The summed E-state index contributed by atoms with van der Waals surface area (Å²) in [6.07, 6.45) is 1.38. The molecule has 0 aliphatic heterocycles. The molecule has 0 spiro atoms. The molecule has 6 nitrogen and oxygen atoms in total. The predicted molar refractivity (Wildman–Crippen MR) is 69.1 cm³/mol. The van der Waals surface area contributed by atoms with Gasteiger partial charge in [-0.3, -0.25) is 0 Å². The zero-order chi connectivity index (χ0) is 13.2. The van der Waals surface area contributed by atoms with E-state index in [1.165, 1.54) is 24.5 Å². The number of hydrogen-bond acceptors (Lipinski definition) is 5. The van der Waals surface area contributed by atoms with Crippen molar-refractivity contribution in [3.63, 3.8) is 0 Å². The van der Waals surface area contributed by atoms with E-state index in [4.69, 9.17) is 5.73 Å². The fourth-order valence-electron chi connectivity index (χ4n) is 1.31. The first-order valence-electron chi connectivity index (χ1n) is 4.93. The van der Waals surface area contributed by atoms with Crippen molar-refractivity contribution in [3.8, 4) is 0 Å². The zero-order valence-corrected chi connectivity index (χ0v) is 11.5. The average molecular weight is 332 g/mol. The first kappa shape index (κ1) is 13.1. The molecule has 0 bridgehead atoms. The molecular formula is C10H10BrN3O3S. The zero-order valence-electron chi connectivity index (χ0n) is 9.13. The molecule has 3 N–H and O–H groups in total. The maximum Gasteiger partial charge on any atom is 0.242 e. The molecular weight excluding hydrogens is 322 g/mol. The summed E-state index contributed by atoms with van der Waals surface area (Å²) in [4.78, 5) is 0.125. The molecule has 0 atom stereocenters. The van der Waals surface area contributed by atoms with E-state index in [2.05, 4.69) is 30.3 Å². The minimum Gasteiger partial charge on any atom is -0.399 e. The molecule has 18 heavy (non-hydrogen) atoms. The first-order chi connectivity index (χ1) is 8.49. The maximum absolute atomic E-state index is 12.0. The topological polar surface area (TPSA) is 98.2 Å². The van der Waals surface area contributed by atoms with Crippen molar-refractivity contribution in [2.24, 2.45) is 0 Å². The van der Waals surface area contributed by atoms with Crippen LogP contribution in [0.2, 0.25) is 0 Å². The number of benzene rings is 1. The molecule has 0 aliphatic rings. The van der Waals surface area contributed by atoms with E-state index in [1.54, 1.807) is 6.07 Å². The second-order valence-corrected chi connectivity index (χ2v) is 6.09. The summed E-state index contributed by atoms with van der Waals surface area (Å²) >= 11 is 3.17. The number of sulfonamides is 1. The summed E-state index contributed by atoms with van der Waals surface area (Å²) < 4.78 is 31.5. The van der Waals surface area contributed by atoms with Gasteiger partial charge in [0.25, 0.3) is 0 Å². The quantitative estimate of drug-likeness (QED) is 0.827. The van der Waals surface area contributed by atoms with E-state index >= 15 is 0 Å². The fourth-order valence-corrected chi connectivity index (χ4v) is 3.40. The van der Waals surface area contributed by atoms with E-state index in [0.29, 0.717) is 15.9 Å². The van der Waals surface area contributed by atoms with Crippen LogP contribution in [-0.2, 0) is 16.6 Å². The number of nitrogens with two attached hydrogens (primary N) is 1. The normalized spacial score (nSPS) is 11.6. The number of halogens is 1. The van der Waals surface area contributed by atoms with Gasteiger partial charge in [0, 0.05) is 16.2 Å². The van der Waals surface area contributed by atoms with Gasteiger partial charge in [-0.1, -0.05) is 5.16 Å². The van der Waals surface area contributed by atoms with Crippen molar-refractivity contribution in [1.29, 1.82) is 0 Å². The second-order valence-electron chi connectivity index (χ2n) is 3.51. The Kier molecular flexibility index (Phi) is 3.69. The van der Waals surface area contributed by atoms with E-state index < -0.39 is 10.0 Å². The van der Waals surface area contributed by atoms with Gasteiger partial charge in [-0.15, -0.1) is 0 Å². The Labute approximate surface area is 112 Å². The lowest BCUT2D eigenvalue weighted by molar-refractivity contribution is 0.411. The highest BCUT2D eigenvalue weighted by molar-refractivity contribution is 9.10. The molecule has 2 rings (SSSR count). The number of hydrogen-bond donors (Lipinski definition) is 2. The van der Waals surface area contributed by atoms with Crippen LogP contribution in [0.15, 0.2) is 44.4 Å². The van der Waals surface area contributed by atoms with Crippen LogP contribution < -0.4 is 10.5 Å². The molecule has 0 saturated heterocycles. The molecule has 0 radical (unpaired) electrons. The van der Waals surface area contributed by atoms with Crippen LogP contribution in [0.25, 0.3) is 0 Å². The molecule has 1 aromatic heterocycles. The molecule has 1 aromatic carbocycles. The maximum atomic E-state index is 12.0. The SMILES string of the molecule is Nc1ccc(S(=O)(=O)NCc2ccon2)c(Br)c1. The third-order valence-electron chi connectivity index (χ3n) is 2.18. The van der Waals surface area contributed by atoms with Crippen LogP contribution in [0.1, 0.15) is 5.69 Å². The minimum atomic E-state index is -3.62. The molecule has 96 valence electrons. The lowest BCUT2D eigenvalue weighted by Crippen LogP contribution is -2.23. The summed E-state index contributed by atoms with van der Waals surface area (Å²) in [5, 5.41) is 3.62. The predicted octanol–water partition coefficient (Wildman–Crippen LogP) is 1.50. The number of nitrogens with one attached hydrogen (secondary N) is 1. The number of nitrogens with zero attached hydrogens (tertiary/aromatic N) is 1. The van der Waals surface area contributed by atoms with Gasteiger partial charge >= 0.3 is 0 Å². The summed E-state index contributed by atoms with van der Waals surface area (Å²) in [6, 6.07) is 6.07. The van der Waals surface area contributed by atoms with Gasteiger partial charge in [-0.2, -0.15) is 0 Å². The molecule has 8 heteroatoms. The van der Waals surface area contributed by atoms with Crippen molar-refractivity contribution in [3.05, 3.63) is 40.7 Å². The van der Waals surface area contributed by atoms with E-state index in [9.17, 15) is 8.42 Å². The Morgan fingerprint density at radius 1 is 1.39 bits per heavy atom. The molecule has 1 heterocycles. The van der Waals surface area contributed by atoms with E-state index in [0.717, 1.165) is 0 Å². The number of aromatic nitrogens is 1. The summed E-state index contributed by atoms with van der Waals surface area (Å²) in [5.74, 6) is 0. The van der Waals surface area contributed by atoms with Gasteiger partial charge in [0.05, 0.1) is 17.1 Å². The van der Waals surface area contributed by atoms with Gasteiger partial charge in [-0.25, -0.2) is 13.1 Å². The van der Waals surface area contributed by atoms with Gasteiger partial charge in [0.2, 0.25) is 10.0 Å². The van der Waals surface area contributed by atoms with Gasteiger partial charge in [-0.05, 0) is 34.1 Å². The van der Waals surface area contributed by atoms with Crippen molar-refractivity contribution >= 4 is 31.6 Å². The van der Waals surface area contributed by atoms with Crippen LogP contribution in [0.3, 0.4) is 0 Å². The molecule has 2 aromatic rings. The van der Waals surface area contributed by atoms with Crippen molar-refractivity contribution < 1.29 is 12.9 Å². The molecule has 0 amide bonds. The molecule has 0 unspecified atom stereocenters. The van der Waals surface area contributed by atoms with Gasteiger partial charge in [0.15, 0.2) is 0 Å². The minimum absolute atomic E-state index is 0.0651. The second kappa shape index (κ2) is 5.09. The highest BCUT2D eigenvalue weighted by atomic mass is 79.9. The summed E-state index contributed by atoms with van der Waals surface area (Å²) in [5.41, 5.74) is 6.54. The summed E-state index contributed by atoms with van der Waals surface area (Å²) in [6.45, 7) is 0.0651. The largest absolute Gasteiger partial charge is 0.399 e. The Hall–Kier alpha value is -1.38. The summed E-state index contributed by atoms with van der Waals surface area (Å²) in [7, 11) is -3.62. The fraction of sp³-hybridized carbons (Fsp3) is 0.100. The monoisotopic (exact) mass is 331 g/mol. The van der Waals surface area contributed by atoms with E-state index in [1.807, 2.05) is 0 Å². The Balaban J connectivity index is 2.20. The number of nitrogen functional groups attached to an aromatic ring is 1. The lowest BCUT2D eigenvalue weighted by atomic mass is 10.3. The van der Waals surface area contributed by atoms with Crippen molar-refractivity contribution in [2.75, 3.05) is 5.73 Å². The molecule has 0 saturated carbocycles. The Bertz CT molecular complexity index is 640. The van der Waals surface area contributed by atoms with Gasteiger partial charge in [0.1, 0.15) is 6.26 Å². The van der Waals surface area contributed by atoms with Crippen LogP contribution in [-0.4, -0.2) is 13.6 Å². The van der Waals surface area contributed by atoms with Crippen LogP contribution in [0.4, 0.5) is 5.69 Å². The van der Waals surface area contributed by atoms with E-state index in [-0.39, 0.29) is 11.4 Å². The molecule has 0 fully saturated rings. The lowest BCUT2D eigenvalue weighted by Gasteiger charge is -2.07. The van der Waals surface area contributed by atoms with Crippen molar-refractivity contribution in [2.45, 2.75) is 11.4 Å².